The summed E-state index contributed by atoms with van der Waals surface area (Å²) in [5, 5.41) is 6.61. The van der Waals surface area contributed by atoms with Gasteiger partial charge in [-0.3, -0.25) is 4.79 Å². The second kappa shape index (κ2) is 11.1. The largest absolute Gasteiger partial charge is 0.444 e. The number of aromatic nitrogens is 2. The molecule has 2 heterocycles. The first kappa shape index (κ1) is 28.2. The number of amides is 1. The molecule has 1 saturated heterocycles. The summed E-state index contributed by atoms with van der Waals surface area (Å²) in [7, 11) is -1.37. The lowest BCUT2D eigenvalue weighted by Crippen LogP contribution is -2.39. The van der Waals surface area contributed by atoms with E-state index in [-0.39, 0.29) is 25.0 Å². The molecule has 0 unspecified atom stereocenters. The molecule has 1 aromatic heterocycles. The minimum Gasteiger partial charge on any atom is -0.444 e. The monoisotopic (exact) mass is 506 g/mol. The van der Waals surface area contributed by atoms with E-state index in [2.05, 4.69) is 30.1 Å². The predicted molar refractivity (Wildman–Crippen MR) is 127 cm³/mol. The van der Waals surface area contributed by atoms with Gasteiger partial charge in [0.1, 0.15) is 17.9 Å². The molecule has 1 aromatic rings. The fourth-order valence-corrected chi connectivity index (χ4v) is 4.45. The van der Waals surface area contributed by atoms with Crippen LogP contribution in [-0.4, -0.2) is 55.3 Å². The Balaban J connectivity index is 2.14. The van der Waals surface area contributed by atoms with Gasteiger partial charge >= 0.3 is 12.3 Å². The molecule has 0 radical (unpaired) electrons. The topological polar surface area (TPSA) is 85.7 Å². The van der Waals surface area contributed by atoms with E-state index in [1.807, 2.05) is 0 Å². The second-order valence-corrected chi connectivity index (χ2v) is 16.4. The van der Waals surface area contributed by atoms with Crippen LogP contribution in [-0.2, 0) is 22.4 Å². The standard InChI is InChI=1S/C22H37F3N4O4Si/c1-21(2,3)33-20(31)26-10-9-16-8-7-11-28(16)17-14-27-29(15-32-12-13-34(4,5)6)19(30)18(17)22(23,24)25/h14,16H,7-13,15H2,1-6H3,(H,26,31)/t16-/m0/s1. The Bertz CT molecular complexity index is 894. The van der Waals surface area contributed by atoms with Crippen LogP contribution in [0.4, 0.5) is 23.7 Å². The Morgan fingerprint density at radius 3 is 2.53 bits per heavy atom. The van der Waals surface area contributed by atoms with Crippen LogP contribution in [0, 0.1) is 0 Å². The van der Waals surface area contributed by atoms with E-state index in [0.717, 1.165) is 16.9 Å². The Morgan fingerprint density at radius 1 is 1.26 bits per heavy atom. The number of hydrogen-bond acceptors (Lipinski definition) is 6. The average Bonchev–Trinajstić information content (AvgIpc) is 3.11. The lowest BCUT2D eigenvalue weighted by Gasteiger charge is -2.29. The third kappa shape index (κ3) is 8.61. The van der Waals surface area contributed by atoms with Crippen LogP contribution in [0.2, 0.25) is 25.7 Å². The molecular formula is C22H37F3N4O4Si. The maximum absolute atomic E-state index is 14.0. The SMILES string of the molecule is CC(C)(C)OC(=O)NCC[C@@H]1CCCN1c1cnn(COCC[Si](C)(C)C)c(=O)c1C(F)(F)F. The number of alkyl halides is 3. The number of nitrogens with zero attached hydrogens (tertiary/aromatic N) is 3. The van der Waals surface area contributed by atoms with Crippen molar-refractivity contribution < 1.29 is 27.4 Å². The molecule has 1 aliphatic heterocycles. The van der Waals surface area contributed by atoms with Gasteiger partial charge in [0, 0.05) is 33.8 Å². The van der Waals surface area contributed by atoms with E-state index in [4.69, 9.17) is 9.47 Å². The number of alkyl carbamates (subject to hydrolysis) is 1. The maximum Gasteiger partial charge on any atom is 0.423 e. The summed E-state index contributed by atoms with van der Waals surface area (Å²) in [5.41, 5.74) is -3.31. The van der Waals surface area contributed by atoms with Gasteiger partial charge in [-0.25, -0.2) is 9.48 Å². The number of carbonyl (C=O) groups is 1. The fourth-order valence-electron chi connectivity index (χ4n) is 3.69. The highest BCUT2D eigenvalue weighted by Crippen LogP contribution is 2.37. The van der Waals surface area contributed by atoms with Crippen molar-refractivity contribution in [1.29, 1.82) is 0 Å². The molecule has 1 atom stereocenters. The molecule has 0 saturated carbocycles. The molecule has 194 valence electrons. The van der Waals surface area contributed by atoms with Crippen molar-refractivity contribution in [3.8, 4) is 0 Å². The van der Waals surface area contributed by atoms with Crippen molar-refractivity contribution in [2.45, 2.75) is 90.3 Å². The van der Waals surface area contributed by atoms with Gasteiger partial charge in [0.05, 0.1) is 11.9 Å². The van der Waals surface area contributed by atoms with Crippen LogP contribution in [0.25, 0.3) is 0 Å². The summed E-state index contributed by atoms with van der Waals surface area (Å²) in [6.45, 7) is 12.4. The van der Waals surface area contributed by atoms with Crippen LogP contribution in [0.15, 0.2) is 11.0 Å². The molecule has 34 heavy (non-hydrogen) atoms. The summed E-state index contributed by atoms with van der Waals surface area (Å²) >= 11 is 0. The average molecular weight is 507 g/mol. The molecule has 8 nitrogen and oxygen atoms in total. The molecular weight excluding hydrogens is 469 g/mol. The van der Waals surface area contributed by atoms with Gasteiger partial charge in [-0.1, -0.05) is 19.6 Å². The van der Waals surface area contributed by atoms with E-state index in [9.17, 15) is 22.8 Å². The minimum absolute atomic E-state index is 0.226. The third-order valence-electron chi connectivity index (χ3n) is 5.35. The zero-order valence-electron chi connectivity index (χ0n) is 20.9. The van der Waals surface area contributed by atoms with Gasteiger partial charge in [0.25, 0.3) is 5.56 Å². The number of hydrogen-bond donors (Lipinski definition) is 1. The van der Waals surface area contributed by atoms with Gasteiger partial charge < -0.3 is 19.7 Å². The minimum atomic E-state index is -4.84. The van der Waals surface area contributed by atoms with Crippen molar-refractivity contribution in [1.82, 2.24) is 15.1 Å². The Kier molecular flexibility index (Phi) is 9.20. The fraction of sp³-hybridized carbons (Fsp3) is 0.773. The van der Waals surface area contributed by atoms with Crippen molar-refractivity contribution >= 4 is 19.9 Å². The lowest BCUT2D eigenvalue weighted by atomic mass is 10.1. The molecule has 1 N–H and O–H groups in total. The molecule has 0 aliphatic carbocycles. The van der Waals surface area contributed by atoms with Gasteiger partial charge in [-0.05, 0) is 46.1 Å². The molecule has 0 spiro atoms. The number of nitrogens with one attached hydrogen (secondary N) is 1. The molecule has 1 aliphatic rings. The first-order chi connectivity index (χ1) is 15.6. The molecule has 1 amide bonds. The van der Waals surface area contributed by atoms with E-state index >= 15 is 0 Å². The van der Waals surface area contributed by atoms with Crippen molar-refractivity contribution in [3.05, 3.63) is 22.1 Å². The zero-order chi connectivity index (χ0) is 25.7. The van der Waals surface area contributed by atoms with Gasteiger partial charge in [-0.15, -0.1) is 0 Å². The normalized spacial score (nSPS) is 17.2. The smallest absolute Gasteiger partial charge is 0.423 e. The van der Waals surface area contributed by atoms with E-state index in [1.54, 1.807) is 25.7 Å². The van der Waals surface area contributed by atoms with Crippen LogP contribution in [0.5, 0.6) is 0 Å². The molecule has 0 aromatic carbocycles. The number of anilines is 1. The van der Waals surface area contributed by atoms with E-state index in [1.165, 1.54) is 0 Å². The predicted octanol–water partition coefficient (Wildman–Crippen LogP) is 4.46. The highest BCUT2D eigenvalue weighted by molar-refractivity contribution is 6.76. The lowest BCUT2D eigenvalue weighted by molar-refractivity contribution is -0.138. The van der Waals surface area contributed by atoms with E-state index < -0.39 is 37.1 Å². The van der Waals surface area contributed by atoms with Gasteiger partial charge in [-0.2, -0.15) is 18.3 Å². The Morgan fingerprint density at radius 2 is 1.94 bits per heavy atom. The second-order valence-electron chi connectivity index (χ2n) is 10.8. The zero-order valence-corrected chi connectivity index (χ0v) is 21.9. The summed E-state index contributed by atoms with van der Waals surface area (Å²) < 4.78 is 53.2. The van der Waals surface area contributed by atoms with Gasteiger partial charge in [0.2, 0.25) is 0 Å². The van der Waals surface area contributed by atoms with Crippen molar-refractivity contribution in [2.24, 2.45) is 0 Å². The molecule has 0 bridgehead atoms. The Hall–Kier alpha value is -2.08. The molecule has 2 rings (SSSR count). The quantitative estimate of drug-likeness (QED) is 0.393. The van der Waals surface area contributed by atoms with Crippen LogP contribution >= 0.6 is 0 Å². The first-order valence-electron chi connectivity index (χ1n) is 11.6. The van der Waals surface area contributed by atoms with Crippen LogP contribution in [0.3, 0.4) is 0 Å². The summed E-state index contributed by atoms with van der Waals surface area (Å²) in [5.74, 6) is 0. The number of ether oxygens (including phenoxy) is 2. The maximum atomic E-state index is 14.0. The summed E-state index contributed by atoms with van der Waals surface area (Å²) in [4.78, 5) is 26.2. The van der Waals surface area contributed by atoms with Crippen LogP contribution < -0.4 is 15.8 Å². The highest BCUT2D eigenvalue weighted by Gasteiger charge is 2.41. The van der Waals surface area contributed by atoms with Crippen molar-refractivity contribution in [2.75, 3.05) is 24.6 Å². The number of rotatable bonds is 9. The highest BCUT2D eigenvalue weighted by atomic mass is 28.3. The Labute approximate surface area is 199 Å². The number of carbonyl (C=O) groups excluding carboxylic acids is 1. The summed E-state index contributed by atoms with van der Waals surface area (Å²) in [6, 6.07) is 0.569. The van der Waals surface area contributed by atoms with E-state index in [0.29, 0.717) is 32.4 Å². The van der Waals surface area contributed by atoms with Gasteiger partial charge in [0.15, 0.2) is 0 Å². The van der Waals surface area contributed by atoms with Crippen molar-refractivity contribution in [3.63, 3.8) is 0 Å². The number of halogens is 3. The third-order valence-corrected chi connectivity index (χ3v) is 7.05. The molecule has 12 heteroatoms. The molecule has 1 fully saturated rings. The first-order valence-corrected chi connectivity index (χ1v) is 15.3. The van der Waals surface area contributed by atoms with Crippen LogP contribution in [0.1, 0.15) is 45.6 Å². The summed E-state index contributed by atoms with van der Waals surface area (Å²) in [6.07, 6.45) is -2.57.